The number of carbonyl (C=O) groups is 1. The van der Waals surface area contributed by atoms with Gasteiger partial charge in [-0.2, -0.15) is 5.10 Å². The molecule has 6 nitrogen and oxygen atoms in total. The second kappa shape index (κ2) is 5.36. The fourth-order valence-electron chi connectivity index (χ4n) is 1.65. The van der Waals surface area contributed by atoms with Crippen LogP contribution in [-0.4, -0.2) is 25.9 Å². The van der Waals surface area contributed by atoms with Gasteiger partial charge in [0, 0.05) is 13.2 Å². The van der Waals surface area contributed by atoms with Gasteiger partial charge in [0.15, 0.2) is 10.8 Å². The van der Waals surface area contributed by atoms with Gasteiger partial charge in [0.1, 0.15) is 0 Å². The first kappa shape index (κ1) is 13.5. The molecule has 0 saturated carbocycles. The molecule has 0 atom stereocenters. The van der Waals surface area contributed by atoms with Crippen LogP contribution in [0.3, 0.4) is 0 Å². The van der Waals surface area contributed by atoms with Crippen LogP contribution in [0.25, 0.3) is 0 Å². The number of halogens is 1. The maximum Gasteiger partial charge on any atom is 0.276 e. The third-order valence-corrected chi connectivity index (χ3v) is 2.72. The summed E-state index contributed by atoms with van der Waals surface area (Å²) < 4.78 is 1.67. The highest BCUT2D eigenvalue weighted by Gasteiger charge is 2.15. The van der Waals surface area contributed by atoms with Gasteiger partial charge in [-0.05, 0) is 18.1 Å². The highest BCUT2D eigenvalue weighted by molar-refractivity contribution is 6.29. The lowest BCUT2D eigenvalue weighted by Gasteiger charge is -2.06. The van der Waals surface area contributed by atoms with Crippen molar-refractivity contribution < 1.29 is 4.79 Å². The topological polar surface area (TPSA) is 72.7 Å². The van der Waals surface area contributed by atoms with Crippen molar-refractivity contribution in [1.82, 2.24) is 20.0 Å². The Morgan fingerprint density at radius 2 is 2.11 bits per heavy atom. The van der Waals surface area contributed by atoms with E-state index in [2.05, 4.69) is 20.6 Å². The van der Waals surface area contributed by atoms with Gasteiger partial charge >= 0.3 is 0 Å². The standard InChI is InChI=1S/C12H14ClN5O/c1-7(2)11-9(6-18(3)17-11)14-12(19)8-4-5-10(13)16-15-8/h4-7H,1-3H3,(H,14,19). The first-order valence-corrected chi connectivity index (χ1v) is 6.19. The van der Waals surface area contributed by atoms with Gasteiger partial charge in [-0.15, -0.1) is 10.2 Å². The van der Waals surface area contributed by atoms with Gasteiger partial charge in [-0.3, -0.25) is 9.48 Å². The molecule has 0 aliphatic heterocycles. The van der Waals surface area contributed by atoms with Gasteiger partial charge in [-0.25, -0.2) is 0 Å². The van der Waals surface area contributed by atoms with Gasteiger partial charge < -0.3 is 5.32 Å². The Morgan fingerprint density at radius 3 is 2.68 bits per heavy atom. The quantitative estimate of drug-likeness (QED) is 0.935. The predicted molar refractivity (Wildman–Crippen MR) is 72.3 cm³/mol. The van der Waals surface area contributed by atoms with E-state index in [4.69, 9.17) is 11.6 Å². The summed E-state index contributed by atoms with van der Waals surface area (Å²) in [6.45, 7) is 4.03. The Labute approximate surface area is 115 Å². The fourth-order valence-corrected chi connectivity index (χ4v) is 1.75. The minimum Gasteiger partial charge on any atom is -0.318 e. The van der Waals surface area contributed by atoms with Crippen LogP contribution in [0.1, 0.15) is 35.9 Å². The van der Waals surface area contributed by atoms with Crippen molar-refractivity contribution >= 4 is 23.2 Å². The summed E-state index contributed by atoms with van der Waals surface area (Å²) in [5.74, 6) is -0.119. The molecule has 2 aromatic heterocycles. The van der Waals surface area contributed by atoms with Crippen LogP contribution < -0.4 is 5.32 Å². The molecule has 1 amide bonds. The molecule has 2 aromatic rings. The highest BCUT2D eigenvalue weighted by atomic mass is 35.5. The summed E-state index contributed by atoms with van der Waals surface area (Å²) in [6.07, 6.45) is 1.76. The first-order chi connectivity index (χ1) is 8.97. The van der Waals surface area contributed by atoms with Gasteiger partial charge in [0.05, 0.1) is 11.4 Å². The molecule has 0 radical (unpaired) electrons. The van der Waals surface area contributed by atoms with E-state index >= 15 is 0 Å². The average Bonchev–Trinajstić information content (AvgIpc) is 2.71. The number of carbonyl (C=O) groups excluding carboxylic acids is 1. The summed E-state index contributed by atoms with van der Waals surface area (Å²) in [5, 5.41) is 14.7. The third-order valence-electron chi connectivity index (χ3n) is 2.52. The highest BCUT2D eigenvalue weighted by Crippen LogP contribution is 2.22. The number of aromatic nitrogens is 4. The van der Waals surface area contributed by atoms with Crippen LogP contribution in [0.2, 0.25) is 5.15 Å². The minimum absolute atomic E-state index is 0.211. The second-order valence-electron chi connectivity index (χ2n) is 4.45. The Hall–Kier alpha value is -1.95. The van der Waals surface area contributed by atoms with Gasteiger partial charge in [0.2, 0.25) is 0 Å². The van der Waals surface area contributed by atoms with E-state index in [0.717, 1.165) is 5.69 Å². The maximum absolute atomic E-state index is 12.0. The zero-order valence-electron chi connectivity index (χ0n) is 10.9. The van der Waals surface area contributed by atoms with Crippen molar-refractivity contribution in [2.75, 3.05) is 5.32 Å². The number of nitrogens with one attached hydrogen (secondary N) is 1. The molecular formula is C12H14ClN5O. The zero-order chi connectivity index (χ0) is 14.0. The molecule has 0 unspecified atom stereocenters. The van der Waals surface area contributed by atoms with E-state index in [1.54, 1.807) is 10.9 Å². The van der Waals surface area contributed by atoms with Crippen LogP contribution in [0.15, 0.2) is 18.3 Å². The number of hydrogen-bond donors (Lipinski definition) is 1. The molecule has 2 rings (SSSR count). The average molecular weight is 280 g/mol. The van der Waals surface area contributed by atoms with E-state index in [0.29, 0.717) is 5.69 Å². The van der Waals surface area contributed by atoms with E-state index in [1.165, 1.54) is 12.1 Å². The van der Waals surface area contributed by atoms with Crippen molar-refractivity contribution in [3.05, 3.63) is 34.9 Å². The maximum atomic E-state index is 12.0. The molecule has 2 heterocycles. The van der Waals surface area contributed by atoms with Crippen molar-refractivity contribution in [1.29, 1.82) is 0 Å². The molecular weight excluding hydrogens is 266 g/mol. The van der Waals surface area contributed by atoms with Crippen molar-refractivity contribution in [3.63, 3.8) is 0 Å². The molecule has 1 N–H and O–H groups in total. The SMILES string of the molecule is CC(C)c1nn(C)cc1NC(=O)c1ccc(Cl)nn1. The van der Waals surface area contributed by atoms with Crippen LogP contribution >= 0.6 is 11.6 Å². The molecule has 7 heteroatoms. The molecule has 0 fully saturated rings. The third kappa shape index (κ3) is 3.08. The monoisotopic (exact) mass is 279 g/mol. The Kier molecular flexibility index (Phi) is 3.80. The number of aryl methyl sites for hydroxylation is 1. The second-order valence-corrected chi connectivity index (χ2v) is 4.84. The number of anilines is 1. The lowest BCUT2D eigenvalue weighted by molar-refractivity contribution is 0.102. The summed E-state index contributed by atoms with van der Waals surface area (Å²) in [4.78, 5) is 12.0. The number of nitrogens with zero attached hydrogens (tertiary/aromatic N) is 4. The molecule has 0 aliphatic rings. The molecule has 0 saturated heterocycles. The molecule has 0 aliphatic carbocycles. The summed E-state index contributed by atoms with van der Waals surface area (Å²) in [5.41, 5.74) is 1.72. The first-order valence-electron chi connectivity index (χ1n) is 5.81. The lowest BCUT2D eigenvalue weighted by Crippen LogP contribution is -2.15. The fraction of sp³-hybridized carbons (Fsp3) is 0.333. The minimum atomic E-state index is -0.334. The van der Waals surface area contributed by atoms with Crippen molar-refractivity contribution in [2.45, 2.75) is 19.8 Å². The molecule has 0 spiro atoms. The number of hydrogen-bond acceptors (Lipinski definition) is 4. The van der Waals surface area contributed by atoms with Crippen LogP contribution in [0.5, 0.6) is 0 Å². The van der Waals surface area contributed by atoms with E-state index in [1.807, 2.05) is 20.9 Å². The zero-order valence-corrected chi connectivity index (χ0v) is 11.6. The predicted octanol–water partition coefficient (Wildman–Crippen LogP) is 2.24. The smallest absolute Gasteiger partial charge is 0.276 e. The lowest BCUT2D eigenvalue weighted by atomic mass is 10.1. The molecule has 0 bridgehead atoms. The number of amides is 1. The molecule has 100 valence electrons. The van der Waals surface area contributed by atoms with Gasteiger partial charge in [0.25, 0.3) is 5.91 Å². The van der Waals surface area contributed by atoms with E-state index < -0.39 is 0 Å². The molecule has 0 aromatic carbocycles. The Bertz CT molecular complexity index is 591. The van der Waals surface area contributed by atoms with Crippen LogP contribution in [0.4, 0.5) is 5.69 Å². The van der Waals surface area contributed by atoms with Crippen molar-refractivity contribution in [2.24, 2.45) is 7.05 Å². The normalized spacial score (nSPS) is 10.8. The summed E-state index contributed by atoms with van der Waals surface area (Å²) in [7, 11) is 1.81. The van der Waals surface area contributed by atoms with Gasteiger partial charge in [-0.1, -0.05) is 25.4 Å². The van der Waals surface area contributed by atoms with Crippen LogP contribution in [0, 0.1) is 0 Å². The summed E-state index contributed by atoms with van der Waals surface area (Å²) >= 11 is 5.63. The van der Waals surface area contributed by atoms with Crippen LogP contribution in [-0.2, 0) is 7.05 Å². The molecule has 19 heavy (non-hydrogen) atoms. The Morgan fingerprint density at radius 1 is 1.37 bits per heavy atom. The van der Waals surface area contributed by atoms with Crippen molar-refractivity contribution in [3.8, 4) is 0 Å². The van der Waals surface area contributed by atoms with E-state index in [-0.39, 0.29) is 22.7 Å². The summed E-state index contributed by atoms with van der Waals surface area (Å²) in [6, 6.07) is 3.05. The number of rotatable bonds is 3. The largest absolute Gasteiger partial charge is 0.318 e. The Balaban J connectivity index is 2.21. The van der Waals surface area contributed by atoms with E-state index in [9.17, 15) is 4.79 Å².